The summed E-state index contributed by atoms with van der Waals surface area (Å²) in [6.07, 6.45) is 2.24. The van der Waals surface area contributed by atoms with Gasteiger partial charge in [-0.2, -0.15) is 0 Å². The summed E-state index contributed by atoms with van der Waals surface area (Å²) < 4.78 is 9.79. The molecule has 0 aromatic carbocycles. The Morgan fingerprint density at radius 2 is 1.81 bits per heavy atom. The summed E-state index contributed by atoms with van der Waals surface area (Å²) in [5.41, 5.74) is 0.737. The molecule has 8 nitrogen and oxygen atoms in total. The molecule has 0 radical (unpaired) electrons. The molecule has 1 rings (SSSR count). The van der Waals surface area contributed by atoms with Gasteiger partial charge in [0.1, 0.15) is 12.1 Å². The number of carbonyl (C=O) groups excluding carboxylic acids is 3. The third kappa shape index (κ3) is 7.08. The van der Waals surface area contributed by atoms with Crippen LogP contribution in [0.4, 0.5) is 0 Å². The number of nitrogens with zero attached hydrogens (tertiary/aromatic N) is 1. The number of amides is 2. The van der Waals surface area contributed by atoms with Gasteiger partial charge in [-0.3, -0.25) is 9.59 Å². The van der Waals surface area contributed by atoms with Gasteiger partial charge in [-0.05, 0) is 17.9 Å². The number of rotatable bonds is 9. The number of aromatic nitrogens is 1. The molecule has 0 saturated heterocycles. The highest BCUT2D eigenvalue weighted by Gasteiger charge is 2.27. The Labute approximate surface area is 153 Å². The number of nitrogens with one attached hydrogen (secondary N) is 2. The minimum absolute atomic E-state index is 0.194. The van der Waals surface area contributed by atoms with Crippen molar-refractivity contribution in [1.82, 2.24) is 15.6 Å². The predicted molar refractivity (Wildman–Crippen MR) is 95.5 cm³/mol. The van der Waals surface area contributed by atoms with Crippen molar-refractivity contribution in [2.24, 2.45) is 5.92 Å². The van der Waals surface area contributed by atoms with E-state index in [1.807, 2.05) is 13.8 Å². The molecule has 0 aliphatic rings. The Morgan fingerprint density at radius 1 is 1.12 bits per heavy atom. The van der Waals surface area contributed by atoms with Crippen LogP contribution in [0.3, 0.4) is 0 Å². The fourth-order valence-electron chi connectivity index (χ4n) is 2.44. The Bertz CT molecular complexity index is 616. The second kappa shape index (κ2) is 10.4. The van der Waals surface area contributed by atoms with Crippen molar-refractivity contribution in [3.63, 3.8) is 0 Å². The zero-order valence-corrected chi connectivity index (χ0v) is 15.9. The van der Waals surface area contributed by atoms with Gasteiger partial charge in [0.15, 0.2) is 0 Å². The van der Waals surface area contributed by atoms with Gasteiger partial charge in [-0.25, -0.2) is 9.78 Å². The normalized spacial score (nSPS) is 12.8. The van der Waals surface area contributed by atoms with Crippen molar-refractivity contribution in [2.75, 3.05) is 14.2 Å². The van der Waals surface area contributed by atoms with E-state index in [-0.39, 0.29) is 18.2 Å². The molecule has 0 fully saturated rings. The molecule has 2 atom stereocenters. The van der Waals surface area contributed by atoms with Crippen LogP contribution in [0.15, 0.2) is 18.3 Å². The van der Waals surface area contributed by atoms with E-state index in [0.29, 0.717) is 12.3 Å². The summed E-state index contributed by atoms with van der Waals surface area (Å²) >= 11 is 0. The van der Waals surface area contributed by atoms with Gasteiger partial charge >= 0.3 is 5.97 Å². The van der Waals surface area contributed by atoms with Crippen LogP contribution < -0.4 is 15.4 Å². The average molecular weight is 365 g/mol. The van der Waals surface area contributed by atoms with Crippen molar-refractivity contribution in [1.29, 1.82) is 0 Å². The van der Waals surface area contributed by atoms with Crippen molar-refractivity contribution < 1.29 is 23.9 Å². The maximum absolute atomic E-state index is 12.6. The molecule has 144 valence electrons. The lowest BCUT2D eigenvalue weighted by Crippen LogP contribution is -2.52. The zero-order valence-electron chi connectivity index (χ0n) is 15.9. The van der Waals surface area contributed by atoms with Crippen LogP contribution >= 0.6 is 0 Å². The van der Waals surface area contributed by atoms with Crippen LogP contribution in [0.25, 0.3) is 0 Å². The summed E-state index contributed by atoms with van der Waals surface area (Å²) in [6.45, 7) is 5.24. The highest BCUT2D eigenvalue weighted by molar-refractivity contribution is 5.90. The third-order valence-corrected chi connectivity index (χ3v) is 3.65. The molecule has 2 N–H and O–H groups in total. The second-order valence-corrected chi connectivity index (χ2v) is 6.38. The van der Waals surface area contributed by atoms with Gasteiger partial charge in [-0.1, -0.05) is 19.9 Å². The Morgan fingerprint density at radius 3 is 2.27 bits per heavy atom. The van der Waals surface area contributed by atoms with E-state index >= 15 is 0 Å². The second-order valence-electron chi connectivity index (χ2n) is 6.38. The van der Waals surface area contributed by atoms with E-state index < -0.39 is 24.0 Å². The first-order valence-electron chi connectivity index (χ1n) is 8.41. The number of pyridine rings is 1. The molecule has 0 unspecified atom stereocenters. The topological polar surface area (TPSA) is 107 Å². The van der Waals surface area contributed by atoms with E-state index in [1.54, 1.807) is 18.3 Å². The molecule has 1 heterocycles. The molecular formula is C18H27N3O5. The molecule has 1 aromatic rings. The first kappa shape index (κ1) is 21.4. The molecule has 2 amide bonds. The molecule has 1 aromatic heterocycles. The lowest BCUT2D eigenvalue weighted by molar-refractivity contribution is -0.145. The molecule has 0 spiro atoms. The largest absolute Gasteiger partial charge is 0.481 e. The monoisotopic (exact) mass is 365 g/mol. The highest BCUT2D eigenvalue weighted by atomic mass is 16.5. The van der Waals surface area contributed by atoms with E-state index in [4.69, 9.17) is 9.47 Å². The first-order valence-corrected chi connectivity index (χ1v) is 8.41. The quantitative estimate of drug-likeness (QED) is 0.628. The lowest BCUT2D eigenvalue weighted by Gasteiger charge is -2.23. The van der Waals surface area contributed by atoms with Gasteiger partial charge in [0.2, 0.25) is 17.7 Å². The van der Waals surface area contributed by atoms with Crippen molar-refractivity contribution in [3.05, 3.63) is 23.9 Å². The van der Waals surface area contributed by atoms with Crippen LogP contribution in [0.2, 0.25) is 0 Å². The summed E-state index contributed by atoms with van der Waals surface area (Å²) in [4.78, 5) is 40.1. The first-order chi connectivity index (χ1) is 12.3. The molecule has 0 bridgehead atoms. The highest BCUT2D eigenvalue weighted by Crippen LogP contribution is 2.11. The van der Waals surface area contributed by atoms with Crippen molar-refractivity contribution in [2.45, 2.75) is 45.7 Å². The number of hydrogen-bond donors (Lipinski definition) is 2. The van der Waals surface area contributed by atoms with E-state index in [0.717, 1.165) is 5.56 Å². The average Bonchev–Trinajstić information content (AvgIpc) is 2.59. The summed E-state index contributed by atoms with van der Waals surface area (Å²) in [5.74, 6) is -0.652. The number of hydrogen-bond acceptors (Lipinski definition) is 6. The number of carbonyl (C=O) groups is 3. The van der Waals surface area contributed by atoms with E-state index in [1.165, 1.54) is 21.1 Å². The van der Waals surface area contributed by atoms with E-state index in [9.17, 15) is 14.4 Å². The number of esters is 1. The third-order valence-electron chi connectivity index (χ3n) is 3.65. The van der Waals surface area contributed by atoms with Gasteiger partial charge in [-0.15, -0.1) is 0 Å². The molecule has 0 aliphatic carbocycles. The SMILES string of the molecule is COC(=O)[C@@H](Cc1ccc(OC)nc1)NC(=O)[C@H](CC(C)C)NC(C)=O. The molecule has 0 aliphatic heterocycles. The zero-order chi connectivity index (χ0) is 19.7. The van der Waals surface area contributed by atoms with Gasteiger partial charge in [0.05, 0.1) is 14.2 Å². The van der Waals surface area contributed by atoms with Gasteiger partial charge < -0.3 is 20.1 Å². The molecule has 0 saturated carbocycles. The van der Waals surface area contributed by atoms with Crippen LogP contribution in [-0.4, -0.2) is 49.1 Å². The fourth-order valence-corrected chi connectivity index (χ4v) is 2.44. The smallest absolute Gasteiger partial charge is 0.328 e. The molecular weight excluding hydrogens is 338 g/mol. The fraction of sp³-hybridized carbons (Fsp3) is 0.556. The number of methoxy groups -OCH3 is 2. The minimum Gasteiger partial charge on any atom is -0.481 e. The van der Waals surface area contributed by atoms with Gasteiger partial charge in [0.25, 0.3) is 0 Å². The predicted octanol–water partition coefficient (Wildman–Crippen LogP) is 0.841. The molecule has 26 heavy (non-hydrogen) atoms. The Balaban J connectivity index is 2.88. The summed E-state index contributed by atoms with van der Waals surface area (Å²) in [5, 5.41) is 5.29. The summed E-state index contributed by atoms with van der Waals surface area (Å²) in [7, 11) is 2.77. The maximum atomic E-state index is 12.6. The van der Waals surface area contributed by atoms with Crippen molar-refractivity contribution >= 4 is 17.8 Å². The lowest BCUT2D eigenvalue weighted by atomic mass is 10.0. The number of ether oxygens (including phenoxy) is 2. The Hall–Kier alpha value is -2.64. The Kier molecular flexibility index (Phi) is 8.54. The standard InChI is InChI=1S/C18H27N3O5/c1-11(2)8-14(20-12(3)22)17(23)21-15(18(24)26-5)9-13-6-7-16(25-4)19-10-13/h6-7,10-11,14-15H,8-9H2,1-5H3,(H,20,22)(H,21,23)/t14-,15+/m0/s1. The molecule has 8 heteroatoms. The van der Waals surface area contributed by atoms with Gasteiger partial charge in [0, 0.05) is 25.6 Å². The van der Waals surface area contributed by atoms with Crippen LogP contribution in [-0.2, 0) is 25.5 Å². The minimum atomic E-state index is -0.883. The van der Waals surface area contributed by atoms with Crippen LogP contribution in [0, 0.1) is 5.92 Å². The van der Waals surface area contributed by atoms with Crippen LogP contribution in [0.5, 0.6) is 5.88 Å². The van der Waals surface area contributed by atoms with E-state index in [2.05, 4.69) is 15.6 Å². The van der Waals surface area contributed by atoms with Crippen molar-refractivity contribution in [3.8, 4) is 5.88 Å². The van der Waals surface area contributed by atoms with Crippen LogP contribution in [0.1, 0.15) is 32.8 Å². The summed E-state index contributed by atoms with van der Waals surface area (Å²) in [6, 6.07) is 1.83. The maximum Gasteiger partial charge on any atom is 0.328 e.